The number of aryl methyl sites for hydroxylation is 1. The number of nitriles is 1. The number of hydrogen-bond donors (Lipinski definition) is 1. The molecule has 1 heterocycles. The van der Waals surface area contributed by atoms with Crippen LogP contribution in [0.2, 0.25) is 10.0 Å². The van der Waals surface area contributed by atoms with Gasteiger partial charge in [0.05, 0.1) is 11.5 Å². The number of halogens is 2. The first kappa shape index (κ1) is 26.2. The van der Waals surface area contributed by atoms with E-state index in [0.29, 0.717) is 32.9 Å². The number of hydrogen-bond acceptors (Lipinski definition) is 6. The quantitative estimate of drug-likeness (QED) is 0.197. The van der Waals surface area contributed by atoms with E-state index in [2.05, 4.69) is 6.07 Å². The van der Waals surface area contributed by atoms with Crippen LogP contribution in [0.5, 0.6) is 17.2 Å². The van der Waals surface area contributed by atoms with Gasteiger partial charge in [0.1, 0.15) is 35.5 Å². The van der Waals surface area contributed by atoms with Gasteiger partial charge in [-0.15, -0.1) is 0 Å². The highest BCUT2D eigenvalue weighted by molar-refractivity contribution is 6.35. The fourth-order valence-corrected chi connectivity index (χ4v) is 4.83. The maximum Gasteiger partial charge on any atom is 0.343 e. The van der Waals surface area contributed by atoms with Crippen molar-refractivity contribution in [1.82, 2.24) is 0 Å². The Hall–Kier alpha value is -4.44. The van der Waals surface area contributed by atoms with Crippen molar-refractivity contribution in [3.05, 3.63) is 134 Å². The molecule has 194 valence electrons. The minimum Gasteiger partial charge on any atom is -0.489 e. The molecule has 0 aliphatic carbocycles. The van der Waals surface area contributed by atoms with Crippen LogP contribution in [0, 0.1) is 18.3 Å². The number of esters is 1. The van der Waals surface area contributed by atoms with Crippen molar-refractivity contribution < 1.29 is 19.0 Å². The number of carbonyl (C=O) groups excluding carboxylic acids is 1. The van der Waals surface area contributed by atoms with Gasteiger partial charge in [-0.3, -0.25) is 0 Å². The van der Waals surface area contributed by atoms with Crippen LogP contribution in [0.1, 0.15) is 38.5 Å². The third kappa shape index (κ3) is 5.56. The first-order valence-electron chi connectivity index (χ1n) is 12.0. The molecule has 4 aromatic carbocycles. The van der Waals surface area contributed by atoms with Crippen LogP contribution < -0.4 is 19.9 Å². The van der Waals surface area contributed by atoms with Gasteiger partial charge in [-0.2, -0.15) is 5.26 Å². The predicted molar refractivity (Wildman–Crippen MR) is 149 cm³/mol. The molecular weight excluding hydrogens is 535 g/mol. The minimum absolute atomic E-state index is 0.00455. The number of ether oxygens (including phenoxy) is 3. The summed E-state index contributed by atoms with van der Waals surface area (Å²) in [6.45, 7) is 2.12. The van der Waals surface area contributed by atoms with Gasteiger partial charge < -0.3 is 19.9 Å². The molecule has 0 fully saturated rings. The summed E-state index contributed by atoms with van der Waals surface area (Å²) in [5.41, 5.74) is 10.1. The molecule has 1 aliphatic heterocycles. The highest BCUT2D eigenvalue weighted by atomic mass is 35.5. The second kappa shape index (κ2) is 11.1. The minimum atomic E-state index is -0.475. The van der Waals surface area contributed by atoms with Gasteiger partial charge in [-0.25, -0.2) is 4.79 Å². The molecule has 5 rings (SSSR count). The molecule has 4 aromatic rings. The van der Waals surface area contributed by atoms with E-state index in [-0.39, 0.29) is 18.1 Å². The first-order valence-corrected chi connectivity index (χ1v) is 12.8. The fraction of sp³-hybridized carbons (Fsp3) is 0.0968. The maximum absolute atomic E-state index is 12.7. The Morgan fingerprint density at radius 3 is 2.46 bits per heavy atom. The van der Waals surface area contributed by atoms with Crippen molar-refractivity contribution in [3.63, 3.8) is 0 Å². The Morgan fingerprint density at radius 2 is 1.74 bits per heavy atom. The molecule has 0 saturated heterocycles. The molecule has 8 heteroatoms. The van der Waals surface area contributed by atoms with E-state index >= 15 is 0 Å². The summed E-state index contributed by atoms with van der Waals surface area (Å²) in [5, 5.41) is 11.0. The summed E-state index contributed by atoms with van der Waals surface area (Å²) in [6.07, 6.45) is 0. The lowest BCUT2D eigenvalue weighted by Crippen LogP contribution is -2.21. The largest absolute Gasteiger partial charge is 0.489 e. The van der Waals surface area contributed by atoms with Gasteiger partial charge in [0.2, 0.25) is 5.88 Å². The Labute approximate surface area is 235 Å². The van der Waals surface area contributed by atoms with E-state index in [1.807, 2.05) is 49.4 Å². The number of nitrogens with two attached hydrogens (primary N) is 1. The fourth-order valence-electron chi connectivity index (χ4n) is 4.36. The van der Waals surface area contributed by atoms with E-state index in [4.69, 9.17) is 43.1 Å². The molecule has 1 unspecified atom stereocenters. The molecule has 2 N–H and O–H groups in total. The zero-order valence-corrected chi connectivity index (χ0v) is 22.3. The van der Waals surface area contributed by atoms with Crippen LogP contribution >= 0.6 is 23.2 Å². The van der Waals surface area contributed by atoms with Gasteiger partial charge in [-0.1, -0.05) is 65.7 Å². The van der Waals surface area contributed by atoms with Crippen LogP contribution in [0.15, 0.2) is 96.4 Å². The van der Waals surface area contributed by atoms with Gasteiger partial charge in [0, 0.05) is 27.2 Å². The lowest BCUT2D eigenvalue weighted by atomic mass is 9.83. The Bertz CT molecular complexity index is 1640. The van der Waals surface area contributed by atoms with Gasteiger partial charge in [-0.05, 0) is 54.4 Å². The van der Waals surface area contributed by atoms with E-state index in [9.17, 15) is 10.1 Å². The lowest BCUT2D eigenvalue weighted by Gasteiger charge is -2.27. The molecule has 0 bridgehead atoms. The highest BCUT2D eigenvalue weighted by Gasteiger charge is 2.31. The van der Waals surface area contributed by atoms with Crippen molar-refractivity contribution >= 4 is 29.2 Å². The zero-order chi connectivity index (χ0) is 27.5. The van der Waals surface area contributed by atoms with Crippen LogP contribution in [-0.4, -0.2) is 5.97 Å². The number of benzene rings is 4. The Balaban J connectivity index is 1.38. The molecule has 1 atom stereocenters. The molecule has 0 amide bonds. The summed E-state index contributed by atoms with van der Waals surface area (Å²) in [7, 11) is 0. The standard InChI is InChI=1S/C31H22Cl2N2O4/c1-18-4-2-3-5-24(18)31(36)38-23-12-13-25-28(15-23)39-30(35)26(16-34)29(25)19-7-10-22(11-8-19)37-17-20-6-9-21(32)14-27(20)33/h2-15,29H,17,35H2,1H3. The molecule has 0 aromatic heterocycles. The summed E-state index contributed by atoms with van der Waals surface area (Å²) in [4.78, 5) is 12.7. The summed E-state index contributed by atoms with van der Waals surface area (Å²) < 4.78 is 17.3. The normalized spacial score (nSPS) is 14.2. The average molecular weight is 557 g/mol. The van der Waals surface area contributed by atoms with Crippen LogP contribution in [-0.2, 0) is 6.61 Å². The Morgan fingerprint density at radius 1 is 1.00 bits per heavy atom. The smallest absolute Gasteiger partial charge is 0.343 e. The SMILES string of the molecule is Cc1ccccc1C(=O)Oc1ccc2c(c1)OC(N)=C(C#N)C2c1ccc(OCc2ccc(Cl)cc2Cl)cc1. The second-order valence-electron chi connectivity index (χ2n) is 8.92. The van der Waals surface area contributed by atoms with Crippen LogP contribution in [0.25, 0.3) is 0 Å². The van der Waals surface area contributed by atoms with Crippen molar-refractivity contribution in [1.29, 1.82) is 5.26 Å². The summed E-state index contributed by atoms with van der Waals surface area (Å²) >= 11 is 12.2. The second-order valence-corrected chi connectivity index (χ2v) is 9.77. The summed E-state index contributed by atoms with van der Waals surface area (Å²) in [5.74, 6) is 0.390. The number of nitrogens with zero attached hydrogens (tertiary/aromatic N) is 1. The number of carbonyl (C=O) groups is 1. The lowest BCUT2D eigenvalue weighted by molar-refractivity contribution is 0.0733. The average Bonchev–Trinajstić information content (AvgIpc) is 2.92. The molecule has 0 radical (unpaired) electrons. The van der Waals surface area contributed by atoms with E-state index < -0.39 is 11.9 Å². The highest BCUT2D eigenvalue weighted by Crippen LogP contribution is 2.43. The Kier molecular flexibility index (Phi) is 7.47. The molecule has 39 heavy (non-hydrogen) atoms. The van der Waals surface area contributed by atoms with E-state index in [1.54, 1.807) is 42.5 Å². The maximum atomic E-state index is 12.7. The molecule has 1 aliphatic rings. The summed E-state index contributed by atoms with van der Waals surface area (Å²) in [6, 6.07) is 27.0. The number of allylic oxidation sites excluding steroid dienone is 1. The topological polar surface area (TPSA) is 94.6 Å². The molecular formula is C31H22Cl2N2O4. The predicted octanol–water partition coefficient (Wildman–Crippen LogP) is 7.32. The van der Waals surface area contributed by atoms with Crippen molar-refractivity contribution in [3.8, 4) is 23.3 Å². The molecule has 0 saturated carbocycles. The monoisotopic (exact) mass is 556 g/mol. The van der Waals surface area contributed by atoms with Gasteiger partial charge in [0.15, 0.2) is 0 Å². The van der Waals surface area contributed by atoms with Crippen molar-refractivity contribution in [2.24, 2.45) is 5.73 Å². The molecule has 0 spiro atoms. The van der Waals surface area contributed by atoms with Crippen molar-refractivity contribution in [2.45, 2.75) is 19.4 Å². The number of fused-ring (bicyclic) bond motifs is 1. The van der Waals surface area contributed by atoms with E-state index in [0.717, 1.165) is 22.3 Å². The zero-order valence-electron chi connectivity index (χ0n) is 20.8. The first-order chi connectivity index (χ1) is 18.8. The van der Waals surface area contributed by atoms with Gasteiger partial charge in [0.25, 0.3) is 0 Å². The van der Waals surface area contributed by atoms with Crippen molar-refractivity contribution in [2.75, 3.05) is 0 Å². The third-order valence-corrected chi connectivity index (χ3v) is 6.98. The number of rotatable bonds is 6. The van der Waals surface area contributed by atoms with Gasteiger partial charge >= 0.3 is 5.97 Å². The van der Waals surface area contributed by atoms with Crippen LogP contribution in [0.3, 0.4) is 0 Å². The third-order valence-electron chi connectivity index (χ3n) is 6.39. The molecule has 6 nitrogen and oxygen atoms in total. The van der Waals surface area contributed by atoms with Crippen LogP contribution in [0.4, 0.5) is 0 Å². The van der Waals surface area contributed by atoms with E-state index in [1.165, 1.54) is 0 Å².